The first kappa shape index (κ1) is 15.7. The van der Waals surface area contributed by atoms with Crippen LogP contribution in [0.15, 0.2) is 24.3 Å². The summed E-state index contributed by atoms with van der Waals surface area (Å²) >= 11 is 0. The van der Waals surface area contributed by atoms with Crippen molar-refractivity contribution in [2.75, 3.05) is 13.6 Å². The van der Waals surface area contributed by atoms with E-state index in [9.17, 15) is 14.4 Å². The molecule has 0 saturated carbocycles. The highest BCUT2D eigenvalue weighted by Gasteiger charge is 2.06. The smallest absolute Gasteiger partial charge is 0.303 e. The monoisotopic (exact) mass is 278 g/mol. The normalized spacial score (nSPS) is 9.85. The molecule has 0 bridgehead atoms. The van der Waals surface area contributed by atoms with E-state index in [4.69, 9.17) is 5.11 Å². The molecule has 0 fully saturated rings. The molecule has 0 aliphatic heterocycles. The van der Waals surface area contributed by atoms with Crippen molar-refractivity contribution in [1.29, 1.82) is 0 Å². The minimum Gasteiger partial charge on any atom is -0.481 e. The van der Waals surface area contributed by atoms with E-state index in [0.717, 1.165) is 5.56 Å². The molecule has 1 aromatic carbocycles. The summed E-state index contributed by atoms with van der Waals surface area (Å²) in [7, 11) is 1.57. The molecule has 1 aromatic rings. The summed E-state index contributed by atoms with van der Waals surface area (Å²) < 4.78 is 0. The molecule has 6 nitrogen and oxygen atoms in total. The van der Waals surface area contributed by atoms with Gasteiger partial charge in [0.1, 0.15) is 0 Å². The van der Waals surface area contributed by atoms with Crippen LogP contribution < -0.4 is 10.6 Å². The van der Waals surface area contributed by atoms with Crippen LogP contribution in [0.2, 0.25) is 0 Å². The second-order valence-corrected chi connectivity index (χ2v) is 4.27. The zero-order valence-corrected chi connectivity index (χ0v) is 11.3. The van der Waals surface area contributed by atoms with Crippen molar-refractivity contribution in [2.24, 2.45) is 0 Å². The zero-order valence-electron chi connectivity index (χ0n) is 11.3. The Morgan fingerprint density at radius 1 is 1.20 bits per heavy atom. The Morgan fingerprint density at radius 3 is 2.60 bits per heavy atom. The molecule has 20 heavy (non-hydrogen) atoms. The topological polar surface area (TPSA) is 95.5 Å². The predicted molar refractivity (Wildman–Crippen MR) is 73.4 cm³/mol. The van der Waals surface area contributed by atoms with Gasteiger partial charge in [-0.15, -0.1) is 0 Å². The van der Waals surface area contributed by atoms with Crippen molar-refractivity contribution in [1.82, 2.24) is 10.6 Å². The van der Waals surface area contributed by atoms with Gasteiger partial charge in [-0.25, -0.2) is 0 Å². The summed E-state index contributed by atoms with van der Waals surface area (Å²) in [5.74, 6) is -1.43. The van der Waals surface area contributed by atoms with E-state index in [1.54, 1.807) is 25.2 Å². The van der Waals surface area contributed by atoms with Crippen LogP contribution >= 0.6 is 0 Å². The van der Waals surface area contributed by atoms with Crippen LogP contribution in [-0.4, -0.2) is 36.5 Å². The Hall–Kier alpha value is -2.37. The molecule has 0 unspecified atom stereocenters. The van der Waals surface area contributed by atoms with Gasteiger partial charge in [-0.05, 0) is 24.1 Å². The molecule has 0 atom stereocenters. The van der Waals surface area contributed by atoms with Crippen LogP contribution in [0.3, 0.4) is 0 Å². The van der Waals surface area contributed by atoms with Gasteiger partial charge < -0.3 is 15.7 Å². The third-order valence-corrected chi connectivity index (χ3v) is 2.72. The molecular formula is C14H18N2O4. The number of amides is 2. The summed E-state index contributed by atoms with van der Waals surface area (Å²) in [6.07, 6.45) is 0.398. The van der Waals surface area contributed by atoms with E-state index in [1.807, 2.05) is 6.07 Å². The van der Waals surface area contributed by atoms with Gasteiger partial charge in [0.2, 0.25) is 5.91 Å². The van der Waals surface area contributed by atoms with Gasteiger partial charge in [-0.1, -0.05) is 12.1 Å². The maximum atomic E-state index is 11.5. The molecule has 0 heterocycles. The molecular weight excluding hydrogens is 260 g/mol. The van der Waals surface area contributed by atoms with Gasteiger partial charge >= 0.3 is 5.97 Å². The highest BCUT2D eigenvalue weighted by atomic mass is 16.4. The molecule has 0 saturated heterocycles. The standard InChI is InChI=1S/C14H18N2O4/c1-15-14(20)11-4-2-3-10(9-11)7-8-16-12(17)5-6-13(18)19/h2-4,9H,5-8H2,1H3,(H,15,20)(H,16,17)(H,18,19). The maximum absolute atomic E-state index is 11.5. The Morgan fingerprint density at radius 2 is 1.95 bits per heavy atom. The van der Waals surface area contributed by atoms with E-state index < -0.39 is 5.97 Å². The average molecular weight is 278 g/mol. The molecule has 0 aromatic heterocycles. The first-order chi connectivity index (χ1) is 9.52. The third-order valence-electron chi connectivity index (χ3n) is 2.72. The number of carboxylic acid groups (broad SMARTS) is 1. The van der Waals surface area contributed by atoms with Gasteiger partial charge in [0.05, 0.1) is 6.42 Å². The number of carboxylic acids is 1. The van der Waals surface area contributed by atoms with Crippen molar-refractivity contribution < 1.29 is 19.5 Å². The van der Waals surface area contributed by atoms with Crippen molar-refractivity contribution >= 4 is 17.8 Å². The van der Waals surface area contributed by atoms with E-state index >= 15 is 0 Å². The third kappa shape index (κ3) is 5.51. The Balaban J connectivity index is 2.40. The lowest BCUT2D eigenvalue weighted by Gasteiger charge is -2.06. The van der Waals surface area contributed by atoms with Crippen LogP contribution in [0.5, 0.6) is 0 Å². The predicted octanol–water partition coefficient (Wildman–Crippen LogP) is 0.570. The van der Waals surface area contributed by atoms with Gasteiger partial charge in [0.25, 0.3) is 5.91 Å². The van der Waals surface area contributed by atoms with Crippen molar-refractivity contribution in [3.8, 4) is 0 Å². The van der Waals surface area contributed by atoms with E-state index in [-0.39, 0.29) is 24.7 Å². The van der Waals surface area contributed by atoms with Gasteiger partial charge in [0.15, 0.2) is 0 Å². The molecule has 0 spiro atoms. The number of rotatable bonds is 7. The lowest BCUT2D eigenvalue weighted by Crippen LogP contribution is -2.26. The molecule has 2 amide bonds. The largest absolute Gasteiger partial charge is 0.481 e. The number of aliphatic carboxylic acids is 1. The number of nitrogens with one attached hydrogen (secondary N) is 2. The maximum Gasteiger partial charge on any atom is 0.303 e. The lowest BCUT2D eigenvalue weighted by molar-refractivity contribution is -0.138. The lowest BCUT2D eigenvalue weighted by atomic mass is 10.1. The zero-order chi connectivity index (χ0) is 15.0. The Labute approximate surface area is 117 Å². The molecule has 108 valence electrons. The molecule has 6 heteroatoms. The first-order valence-electron chi connectivity index (χ1n) is 6.32. The summed E-state index contributed by atoms with van der Waals surface area (Å²) in [6, 6.07) is 7.14. The van der Waals surface area contributed by atoms with E-state index in [2.05, 4.69) is 10.6 Å². The second-order valence-electron chi connectivity index (χ2n) is 4.27. The highest BCUT2D eigenvalue weighted by molar-refractivity contribution is 5.94. The molecule has 3 N–H and O–H groups in total. The number of carbonyl (C=O) groups excluding carboxylic acids is 2. The Bertz CT molecular complexity index is 500. The van der Waals surface area contributed by atoms with Gasteiger partial charge in [-0.3, -0.25) is 14.4 Å². The summed E-state index contributed by atoms with van der Waals surface area (Å²) in [5.41, 5.74) is 1.51. The fourth-order valence-electron chi connectivity index (χ4n) is 1.67. The quantitative estimate of drug-likeness (QED) is 0.679. The number of benzene rings is 1. The van der Waals surface area contributed by atoms with Crippen LogP contribution in [0, 0.1) is 0 Å². The van der Waals surface area contributed by atoms with Crippen LogP contribution in [0.1, 0.15) is 28.8 Å². The van der Waals surface area contributed by atoms with E-state index in [1.165, 1.54) is 0 Å². The summed E-state index contributed by atoms with van der Waals surface area (Å²) in [6.45, 7) is 0.412. The summed E-state index contributed by atoms with van der Waals surface area (Å²) in [4.78, 5) is 33.1. The number of hydrogen-bond acceptors (Lipinski definition) is 3. The number of carbonyl (C=O) groups is 3. The molecule has 0 aliphatic carbocycles. The first-order valence-corrected chi connectivity index (χ1v) is 6.32. The molecule has 1 rings (SSSR count). The van der Waals surface area contributed by atoms with Crippen molar-refractivity contribution in [3.05, 3.63) is 35.4 Å². The van der Waals surface area contributed by atoms with Crippen LogP contribution in [-0.2, 0) is 16.0 Å². The fraction of sp³-hybridized carbons (Fsp3) is 0.357. The second kappa shape index (κ2) is 7.93. The summed E-state index contributed by atoms with van der Waals surface area (Å²) in [5, 5.41) is 13.6. The number of hydrogen-bond donors (Lipinski definition) is 3. The van der Waals surface area contributed by atoms with Crippen molar-refractivity contribution in [2.45, 2.75) is 19.3 Å². The van der Waals surface area contributed by atoms with E-state index in [0.29, 0.717) is 18.5 Å². The molecule has 0 aliphatic rings. The molecule has 0 radical (unpaired) electrons. The highest BCUT2D eigenvalue weighted by Crippen LogP contribution is 2.05. The van der Waals surface area contributed by atoms with Crippen molar-refractivity contribution in [3.63, 3.8) is 0 Å². The minimum atomic E-state index is -0.988. The van der Waals surface area contributed by atoms with Crippen LogP contribution in [0.4, 0.5) is 0 Å². The SMILES string of the molecule is CNC(=O)c1cccc(CCNC(=O)CCC(=O)O)c1. The van der Waals surface area contributed by atoms with Crippen LogP contribution in [0.25, 0.3) is 0 Å². The Kier molecular flexibility index (Phi) is 6.22. The van der Waals surface area contributed by atoms with Gasteiger partial charge in [0, 0.05) is 25.6 Å². The minimum absolute atomic E-state index is 0.0202. The van der Waals surface area contributed by atoms with Gasteiger partial charge in [-0.2, -0.15) is 0 Å². The fourth-order valence-corrected chi connectivity index (χ4v) is 1.67. The average Bonchev–Trinajstić information content (AvgIpc) is 2.44.